The first kappa shape index (κ1) is 16.6. The number of allylic oxidation sites excluding steroid dienone is 3. The molecule has 0 saturated carbocycles. The van der Waals surface area contributed by atoms with Crippen LogP contribution in [0.25, 0.3) is 0 Å². The summed E-state index contributed by atoms with van der Waals surface area (Å²) in [5.74, 6) is 4.13. The molecule has 1 rings (SSSR count). The molecule has 0 aliphatic rings. The van der Waals surface area contributed by atoms with Gasteiger partial charge < -0.3 is 4.74 Å². The molecule has 0 N–H and O–H groups in total. The molecule has 0 amide bonds. The molecule has 110 valence electrons. The van der Waals surface area contributed by atoms with E-state index in [1.807, 2.05) is 6.07 Å². The first-order chi connectivity index (χ1) is 9.93. The van der Waals surface area contributed by atoms with E-state index in [1.165, 1.54) is 6.92 Å². The van der Waals surface area contributed by atoms with Crippen LogP contribution in [0.4, 0.5) is 13.2 Å². The van der Waals surface area contributed by atoms with Crippen molar-refractivity contribution in [3.63, 3.8) is 0 Å². The van der Waals surface area contributed by atoms with Crippen LogP contribution < -0.4 is 0 Å². The number of rotatable bonds is 3. The Kier molecular flexibility index (Phi) is 6.28. The number of alkyl halides is 3. The highest BCUT2D eigenvalue weighted by molar-refractivity contribution is 5.83. The molecule has 0 aliphatic heterocycles. The van der Waals surface area contributed by atoms with Crippen LogP contribution in [0.5, 0.6) is 0 Å². The number of ether oxygens (including phenoxy) is 1. The fourth-order valence-electron chi connectivity index (χ4n) is 1.31. The van der Waals surface area contributed by atoms with E-state index in [2.05, 4.69) is 16.6 Å². The molecule has 0 saturated heterocycles. The summed E-state index contributed by atoms with van der Waals surface area (Å²) in [6.45, 7) is 1.53. The summed E-state index contributed by atoms with van der Waals surface area (Å²) < 4.78 is 42.5. The van der Waals surface area contributed by atoms with Crippen LogP contribution in [-0.4, -0.2) is 18.8 Å². The topological polar surface area (TPSA) is 26.3 Å². The fourth-order valence-corrected chi connectivity index (χ4v) is 1.31. The van der Waals surface area contributed by atoms with E-state index < -0.39 is 17.7 Å². The first-order valence-corrected chi connectivity index (χ1v) is 6.12. The number of carbonyl (C=O) groups excluding carboxylic acids is 1. The van der Waals surface area contributed by atoms with E-state index >= 15 is 0 Å². The van der Waals surface area contributed by atoms with Gasteiger partial charge in [0.25, 0.3) is 0 Å². The number of carbonyl (C=O) groups is 1. The number of halogens is 3. The third-order valence-electron chi connectivity index (χ3n) is 2.22. The van der Waals surface area contributed by atoms with Crippen molar-refractivity contribution >= 4 is 5.97 Å². The number of hydrogen-bond acceptors (Lipinski definition) is 2. The van der Waals surface area contributed by atoms with Crippen molar-refractivity contribution in [2.24, 2.45) is 0 Å². The Labute approximate surface area is 120 Å². The minimum atomic E-state index is -4.64. The summed E-state index contributed by atoms with van der Waals surface area (Å²) in [5, 5.41) is 0. The Hall–Kier alpha value is -2.48. The Bertz CT molecular complexity index is 587. The highest BCUT2D eigenvalue weighted by Crippen LogP contribution is 2.26. The van der Waals surface area contributed by atoms with Crippen LogP contribution in [0.1, 0.15) is 12.5 Å². The van der Waals surface area contributed by atoms with Crippen molar-refractivity contribution in [2.75, 3.05) is 6.61 Å². The summed E-state index contributed by atoms with van der Waals surface area (Å²) in [4.78, 5) is 11.1. The van der Waals surface area contributed by atoms with Gasteiger partial charge in [-0.05, 0) is 31.2 Å². The third kappa shape index (κ3) is 6.48. The molecular weight excluding hydrogens is 281 g/mol. The number of hydrogen-bond donors (Lipinski definition) is 0. The molecule has 0 fully saturated rings. The van der Waals surface area contributed by atoms with Crippen LogP contribution in [0.15, 0.2) is 54.1 Å². The van der Waals surface area contributed by atoms with Crippen molar-refractivity contribution in [3.8, 4) is 11.8 Å². The van der Waals surface area contributed by atoms with Gasteiger partial charge >= 0.3 is 12.1 Å². The standard InChI is InChI=1S/C16H13F3O2/c1-2-21-15(20)12-14(16(17,18)19)11-7-6-10-13-8-4-3-5-9-13/h3-5,7-9,11-12H,2H2,1H3/b11-7+,14-12+. The maximum Gasteiger partial charge on any atom is 0.416 e. The van der Waals surface area contributed by atoms with Gasteiger partial charge in [0.15, 0.2) is 0 Å². The molecule has 21 heavy (non-hydrogen) atoms. The highest BCUT2D eigenvalue weighted by Gasteiger charge is 2.32. The second-order valence-corrected chi connectivity index (χ2v) is 3.82. The van der Waals surface area contributed by atoms with Crippen molar-refractivity contribution in [1.29, 1.82) is 0 Å². The fraction of sp³-hybridized carbons (Fsp3) is 0.188. The molecule has 0 unspecified atom stereocenters. The zero-order valence-electron chi connectivity index (χ0n) is 11.3. The average molecular weight is 294 g/mol. The molecule has 0 spiro atoms. The maximum absolute atomic E-state index is 12.7. The van der Waals surface area contributed by atoms with Gasteiger partial charge in [-0.15, -0.1) is 0 Å². The highest BCUT2D eigenvalue weighted by atomic mass is 19.4. The van der Waals surface area contributed by atoms with Crippen molar-refractivity contribution in [2.45, 2.75) is 13.1 Å². The maximum atomic E-state index is 12.7. The molecule has 0 aromatic heterocycles. The lowest BCUT2D eigenvalue weighted by Gasteiger charge is -2.06. The monoisotopic (exact) mass is 294 g/mol. The normalized spacial score (nSPS) is 11.9. The van der Waals surface area contributed by atoms with E-state index in [0.717, 1.165) is 12.2 Å². The van der Waals surface area contributed by atoms with E-state index in [9.17, 15) is 18.0 Å². The lowest BCUT2D eigenvalue weighted by molar-refractivity contribution is -0.138. The van der Waals surface area contributed by atoms with Crippen LogP contribution in [0, 0.1) is 11.8 Å². The minimum absolute atomic E-state index is 0.0119. The van der Waals surface area contributed by atoms with E-state index in [0.29, 0.717) is 11.6 Å². The zero-order valence-corrected chi connectivity index (χ0v) is 11.3. The van der Waals surface area contributed by atoms with Gasteiger partial charge in [0.1, 0.15) is 0 Å². The van der Waals surface area contributed by atoms with Crippen molar-refractivity contribution in [3.05, 3.63) is 59.7 Å². The lowest BCUT2D eigenvalue weighted by atomic mass is 10.2. The molecule has 1 aromatic carbocycles. The third-order valence-corrected chi connectivity index (χ3v) is 2.22. The molecule has 0 heterocycles. The van der Waals surface area contributed by atoms with Crippen LogP contribution in [0.3, 0.4) is 0 Å². The number of benzene rings is 1. The summed E-state index contributed by atoms with van der Waals surface area (Å²) in [6.07, 6.45) is -2.44. The smallest absolute Gasteiger partial charge is 0.416 e. The minimum Gasteiger partial charge on any atom is -0.463 e. The first-order valence-electron chi connectivity index (χ1n) is 6.12. The van der Waals surface area contributed by atoms with Crippen LogP contribution >= 0.6 is 0 Å². The van der Waals surface area contributed by atoms with Gasteiger partial charge in [0.05, 0.1) is 12.2 Å². The Morgan fingerprint density at radius 3 is 2.52 bits per heavy atom. The predicted molar refractivity (Wildman–Crippen MR) is 73.2 cm³/mol. The van der Waals surface area contributed by atoms with Crippen molar-refractivity contribution in [1.82, 2.24) is 0 Å². The molecular formula is C16H13F3O2. The van der Waals surface area contributed by atoms with Crippen molar-refractivity contribution < 1.29 is 22.7 Å². The van der Waals surface area contributed by atoms with Gasteiger partial charge in [-0.3, -0.25) is 0 Å². The summed E-state index contributed by atoms with van der Waals surface area (Å²) in [5.41, 5.74) is -0.423. The quantitative estimate of drug-likeness (QED) is 0.368. The Balaban J connectivity index is 2.86. The predicted octanol–water partition coefficient (Wildman–Crippen LogP) is 3.65. The summed E-state index contributed by atoms with van der Waals surface area (Å²) >= 11 is 0. The largest absolute Gasteiger partial charge is 0.463 e. The zero-order chi connectivity index (χ0) is 15.7. The molecule has 1 aromatic rings. The summed E-state index contributed by atoms with van der Waals surface area (Å²) in [6, 6.07) is 8.83. The molecule has 2 nitrogen and oxygen atoms in total. The summed E-state index contributed by atoms with van der Waals surface area (Å²) in [7, 11) is 0. The van der Waals surface area contributed by atoms with E-state index in [-0.39, 0.29) is 6.61 Å². The molecule has 5 heteroatoms. The SMILES string of the molecule is CCOC(=O)/C=C(\C=C\C#Cc1ccccc1)C(F)(F)F. The lowest BCUT2D eigenvalue weighted by Crippen LogP contribution is -2.13. The van der Waals surface area contributed by atoms with Gasteiger partial charge in [-0.2, -0.15) is 13.2 Å². The van der Waals surface area contributed by atoms with Crippen LogP contribution in [0.2, 0.25) is 0 Å². The molecule has 0 aliphatic carbocycles. The molecule has 0 radical (unpaired) electrons. The Morgan fingerprint density at radius 1 is 1.29 bits per heavy atom. The second-order valence-electron chi connectivity index (χ2n) is 3.82. The van der Waals surface area contributed by atoms with Gasteiger partial charge in [-0.1, -0.05) is 30.0 Å². The molecule has 0 atom stereocenters. The van der Waals surface area contributed by atoms with E-state index in [1.54, 1.807) is 24.3 Å². The van der Waals surface area contributed by atoms with E-state index in [4.69, 9.17) is 0 Å². The van der Waals surface area contributed by atoms with Crippen LogP contribution in [-0.2, 0) is 9.53 Å². The average Bonchev–Trinajstić information content (AvgIpc) is 2.42. The van der Waals surface area contributed by atoms with Gasteiger partial charge in [0, 0.05) is 11.6 Å². The second kappa shape index (κ2) is 7.95. The Morgan fingerprint density at radius 2 is 1.95 bits per heavy atom. The van der Waals surface area contributed by atoms with Gasteiger partial charge in [-0.25, -0.2) is 4.79 Å². The number of esters is 1. The molecule has 0 bridgehead atoms. The van der Waals surface area contributed by atoms with Gasteiger partial charge in [0.2, 0.25) is 0 Å².